The van der Waals surface area contributed by atoms with Crippen molar-refractivity contribution >= 4 is 21.6 Å². The average molecular weight is 463 g/mol. The third kappa shape index (κ3) is 5.04. The van der Waals surface area contributed by atoms with Crippen LogP contribution in [0.25, 0.3) is 5.69 Å². The SMILES string of the molecule is COc1ccccc1NS(=O)(=O)c1cccc(C(=O)NCc2ccccc2-n2cccn2)c1. The van der Waals surface area contributed by atoms with E-state index in [-0.39, 0.29) is 22.9 Å². The first-order valence-corrected chi connectivity index (χ1v) is 11.6. The zero-order valence-corrected chi connectivity index (χ0v) is 18.6. The number of benzene rings is 3. The third-order valence-corrected chi connectivity index (χ3v) is 6.30. The van der Waals surface area contributed by atoms with Crippen molar-refractivity contribution < 1.29 is 17.9 Å². The number of nitrogens with one attached hydrogen (secondary N) is 2. The summed E-state index contributed by atoms with van der Waals surface area (Å²) < 4.78 is 35.2. The molecule has 0 aliphatic heterocycles. The number of nitrogens with zero attached hydrogens (tertiary/aromatic N) is 2. The Morgan fingerprint density at radius 2 is 1.79 bits per heavy atom. The fourth-order valence-corrected chi connectivity index (χ4v) is 4.43. The van der Waals surface area contributed by atoms with Crippen LogP contribution in [0, 0.1) is 0 Å². The third-order valence-electron chi connectivity index (χ3n) is 4.94. The Hall–Kier alpha value is -4.11. The minimum Gasteiger partial charge on any atom is -0.495 e. The molecule has 1 aromatic heterocycles. The van der Waals surface area contributed by atoms with E-state index in [2.05, 4.69) is 15.1 Å². The molecule has 0 unspecified atom stereocenters. The molecule has 9 heteroatoms. The van der Waals surface area contributed by atoms with Gasteiger partial charge in [0.15, 0.2) is 0 Å². The van der Waals surface area contributed by atoms with Gasteiger partial charge < -0.3 is 10.1 Å². The maximum Gasteiger partial charge on any atom is 0.262 e. The van der Waals surface area contributed by atoms with E-state index >= 15 is 0 Å². The van der Waals surface area contributed by atoms with E-state index < -0.39 is 10.0 Å². The molecular formula is C24H22N4O4S. The minimum atomic E-state index is -3.93. The van der Waals surface area contributed by atoms with Gasteiger partial charge in [0.1, 0.15) is 5.75 Å². The molecular weight excluding hydrogens is 440 g/mol. The number of amides is 1. The van der Waals surface area contributed by atoms with E-state index in [9.17, 15) is 13.2 Å². The quantitative estimate of drug-likeness (QED) is 0.416. The van der Waals surface area contributed by atoms with Crippen molar-refractivity contribution in [3.63, 3.8) is 0 Å². The predicted octanol–water partition coefficient (Wildman–Crippen LogP) is 3.61. The fourth-order valence-electron chi connectivity index (χ4n) is 3.31. The van der Waals surface area contributed by atoms with Crippen LogP contribution in [0.3, 0.4) is 0 Å². The minimum absolute atomic E-state index is 0.0296. The molecule has 3 aromatic carbocycles. The molecule has 4 rings (SSSR count). The zero-order chi connectivity index (χ0) is 23.3. The molecule has 1 amide bonds. The lowest BCUT2D eigenvalue weighted by Crippen LogP contribution is -2.24. The Labute approximate surface area is 191 Å². The standard InChI is InChI=1S/C24H22N4O4S/c1-32-23-13-5-3-11-21(23)27-33(30,31)20-10-6-9-18(16-20)24(29)25-17-19-8-2-4-12-22(19)28-15-7-14-26-28/h2-16,27H,17H2,1H3,(H,25,29). The number of carbonyl (C=O) groups excluding carboxylic acids is 1. The van der Waals surface area contributed by atoms with Crippen molar-refractivity contribution in [2.75, 3.05) is 11.8 Å². The smallest absolute Gasteiger partial charge is 0.262 e. The molecule has 1 heterocycles. The summed E-state index contributed by atoms with van der Waals surface area (Å²) in [7, 11) is -2.47. The summed E-state index contributed by atoms with van der Waals surface area (Å²) in [6.45, 7) is 0.255. The van der Waals surface area contributed by atoms with E-state index in [0.29, 0.717) is 11.4 Å². The molecule has 0 spiro atoms. The second-order valence-electron chi connectivity index (χ2n) is 7.10. The van der Waals surface area contributed by atoms with Crippen LogP contribution in [0.2, 0.25) is 0 Å². The van der Waals surface area contributed by atoms with Crippen molar-refractivity contribution in [2.45, 2.75) is 11.4 Å². The van der Waals surface area contributed by atoms with E-state index in [4.69, 9.17) is 4.74 Å². The molecule has 0 aliphatic carbocycles. The van der Waals surface area contributed by atoms with Crippen LogP contribution in [0.1, 0.15) is 15.9 Å². The molecule has 0 aliphatic rings. The second kappa shape index (κ2) is 9.58. The van der Waals surface area contributed by atoms with Crippen molar-refractivity contribution in [2.24, 2.45) is 0 Å². The lowest BCUT2D eigenvalue weighted by molar-refractivity contribution is 0.0950. The average Bonchev–Trinajstić information content (AvgIpc) is 3.38. The van der Waals surface area contributed by atoms with E-state index in [1.54, 1.807) is 41.2 Å². The highest BCUT2D eigenvalue weighted by Gasteiger charge is 2.18. The first-order valence-electron chi connectivity index (χ1n) is 10.1. The summed E-state index contributed by atoms with van der Waals surface area (Å²) in [5.74, 6) is 0.00503. The van der Waals surface area contributed by atoms with Gasteiger partial charge in [0.05, 0.1) is 23.4 Å². The fraction of sp³-hybridized carbons (Fsp3) is 0.0833. The highest BCUT2D eigenvalue weighted by atomic mass is 32.2. The number of ether oxygens (including phenoxy) is 1. The van der Waals surface area contributed by atoms with E-state index in [1.165, 1.54) is 25.3 Å². The number of para-hydroxylation sites is 3. The van der Waals surface area contributed by atoms with Gasteiger partial charge in [-0.1, -0.05) is 36.4 Å². The van der Waals surface area contributed by atoms with Crippen molar-refractivity contribution in [1.29, 1.82) is 0 Å². The van der Waals surface area contributed by atoms with Gasteiger partial charge >= 0.3 is 0 Å². The van der Waals surface area contributed by atoms with Crippen molar-refractivity contribution in [1.82, 2.24) is 15.1 Å². The molecule has 0 bridgehead atoms. The van der Waals surface area contributed by atoms with Crippen LogP contribution in [0.15, 0.2) is 96.2 Å². The monoisotopic (exact) mass is 462 g/mol. The molecule has 4 aromatic rings. The highest BCUT2D eigenvalue weighted by Crippen LogP contribution is 2.26. The van der Waals surface area contributed by atoms with Crippen LogP contribution >= 0.6 is 0 Å². The Morgan fingerprint density at radius 1 is 1.00 bits per heavy atom. The lowest BCUT2D eigenvalue weighted by atomic mass is 10.1. The summed E-state index contributed by atoms with van der Waals surface area (Å²) in [5, 5.41) is 7.09. The summed E-state index contributed by atoms with van der Waals surface area (Å²) in [5.41, 5.74) is 2.26. The Balaban J connectivity index is 1.51. The predicted molar refractivity (Wildman–Crippen MR) is 125 cm³/mol. The van der Waals surface area contributed by atoms with Crippen LogP contribution in [-0.2, 0) is 16.6 Å². The van der Waals surface area contributed by atoms with E-state index in [1.807, 2.05) is 36.5 Å². The maximum absolute atomic E-state index is 12.9. The van der Waals surface area contributed by atoms with Crippen LogP contribution < -0.4 is 14.8 Å². The second-order valence-corrected chi connectivity index (χ2v) is 8.78. The Morgan fingerprint density at radius 3 is 2.58 bits per heavy atom. The molecule has 0 saturated carbocycles. The van der Waals surface area contributed by atoms with Crippen molar-refractivity contribution in [3.05, 3.63) is 102 Å². The molecule has 0 atom stereocenters. The number of methoxy groups -OCH3 is 1. The van der Waals surface area contributed by atoms with Crippen molar-refractivity contribution in [3.8, 4) is 11.4 Å². The van der Waals surface area contributed by atoms with Gasteiger partial charge in [-0.05, 0) is 48.0 Å². The summed E-state index contributed by atoms with van der Waals surface area (Å²) in [6.07, 6.45) is 3.50. The normalized spacial score (nSPS) is 11.1. The number of anilines is 1. The van der Waals surface area contributed by atoms with Gasteiger partial charge in [-0.2, -0.15) is 5.10 Å². The molecule has 33 heavy (non-hydrogen) atoms. The lowest BCUT2D eigenvalue weighted by Gasteiger charge is -2.13. The summed E-state index contributed by atoms with van der Waals surface area (Å²) in [6, 6.07) is 22.0. The molecule has 8 nitrogen and oxygen atoms in total. The van der Waals surface area contributed by atoms with Gasteiger partial charge in [-0.25, -0.2) is 13.1 Å². The summed E-state index contributed by atoms with van der Waals surface area (Å²) >= 11 is 0. The molecule has 0 fully saturated rings. The number of hydrogen-bond acceptors (Lipinski definition) is 5. The summed E-state index contributed by atoms with van der Waals surface area (Å²) in [4.78, 5) is 12.8. The topological polar surface area (TPSA) is 102 Å². The number of rotatable bonds is 8. The maximum atomic E-state index is 12.9. The van der Waals surface area contributed by atoms with Crippen LogP contribution in [0.4, 0.5) is 5.69 Å². The van der Waals surface area contributed by atoms with Gasteiger partial charge in [-0.3, -0.25) is 9.52 Å². The first-order chi connectivity index (χ1) is 16.0. The molecule has 168 valence electrons. The number of sulfonamides is 1. The molecule has 0 saturated heterocycles. The highest BCUT2D eigenvalue weighted by molar-refractivity contribution is 7.92. The number of carbonyl (C=O) groups is 1. The van der Waals surface area contributed by atoms with Gasteiger partial charge in [0, 0.05) is 24.5 Å². The Bertz CT molecular complexity index is 1370. The van der Waals surface area contributed by atoms with Gasteiger partial charge in [0.2, 0.25) is 0 Å². The number of hydrogen-bond donors (Lipinski definition) is 2. The van der Waals surface area contributed by atoms with Crippen LogP contribution in [0.5, 0.6) is 5.75 Å². The zero-order valence-electron chi connectivity index (χ0n) is 17.8. The van der Waals surface area contributed by atoms with Crippen LogP contribution in [-0.4, -0.2) is 31.2 Å². The Kier molecular flexibility index (Phi) is 6.41. The van der Waals surface area contributed by atoms with E-state index in [0.717, 1.165) is 11.3 Å². The largest absolute Gasteiger partial charge is 0.495 e. The molecule has 2 N–H and O–H groups in total. The van der Waals surface area contributed by atoms with Gasteiger partial charge in [0.25, 0.3) is 15.9 Å². The molecule has 0 radical (unpaired) electrons. The number of aromatic nitrogens is 2. The van der Waals surface area contributed by atoms with Gasteiger partial charge in [-0.15, -0.1) is 0 Å². The first kappa shape index (κ1) is 22.1.